The highest BCUT2D eigenvalue weighted by atomic mass is 79.9. The molecule has 1 unspecified atom stereocenters. The van der Waals surface area contributed by atoms with Crippen LogP contribution < -0.4 is 0 Å². The first-order valence-electron chi connectivity index (χ1n) is 5.62. The highest BCUT2D eigenvalue weighted by Crippen LogP contribution is 2.31. The molecule has 1 N–H and O–H groups in total. The Morgan fingerprint density at radius 1 is 1.42 bits per heavy atom. The number of rotatable bonds is 3. The molecule has 1 aliphatic rings. The summed E-state index contributed by atoms with van der Waals surface area (Å²) in [6.45, 7) is 0.248. The predicted octanol–water partition coefficient (Wildman–Crippen LogP) is 1.73. The van der Waals surface area contributed by atoms with Gasteiger partial charge in [-0.25, -0.2) is 17.2 Å². The fraction of sp³-hybridized carbons (Fsp3) is 0.455. The molecule has 0 radical (unpaired) electrons. The number of benzene rings is 1. The van der Waals surface area contributed by atoms with Crippen LogP contribution in [0.5, 0.6) is 0 Å². The van der Waals surface area contributed by atoms with Crippen molar-refractivity contribution >= 4 is 26.0 Å². The van der Waals surface area contributed by atoms with Crippen molar-refractivity contribution in [3.05, 3.63) is 28.2 Å². The maximum atomic E-state index is 13.7. The fourth-order valence-electron chi connectivity index (χ4n) is 2.07. The Morgan fingerprint density at radius 3 is 2.63 bits per heavy atom. The lowest BCUT2D eigenvalue weighted by molar-refractivity contribution is 0.233. The third-order valence-corrected chi connectivity index (χ3v) is 5.90. The molecule has 4 nitrogen and oxygen atoms in total. The quantitative estimate of drug-likeness (QED) is 0.898. The molecular weight excluding hydrogens is 344 g/mol. The van der Waals surface area contributed by atoms with E-state index < -0.39 is 26.6 Å². The number of aliphatic hydroxyl groups is 1. The first-order chi connectivity index (χ1) is 8.86. The number of sulfonamides is 1. The molecule has 0 aromatic heterocycles. The van der Waals surface area contributed by atoms with Crippen LogP contribution in [0.3, 0.4) is 0 Å². The smallest absolute Gasteiger partial charge is 0.247 e. The predicted molar refractivity (Wildman–Crippen MR) is 68.0 cm³/mol. The number of aliphatic hydroxyl groups excluding tert-OH is 1. The van der Waals surface area contributed by atoms with E-state index in [-0.39, 0.29) is 30.1 Å². The van der Waals surface area contributed by atoms with E-state index in [0.29, 0.717) is 12.5 Å². The van der Waals surface area contributed by atoms with Gasteiger partial charge in [0.1, 0.15) is 16.5 Å². The summed E-state index contributed by atoms with van der Waals surface area (Å²) in [6.07, 6.45) is 0.524. The Balaban J connectivity index is 2.41. The van der Waals surface area contributed by atoms with Crippen molar-refractivity contribution in [2.45, 2.75) is 11.3 Å². The van der Waals surface area contributed by atoms with Crippen LogP contribution in [0.25, 0.3) is 0 Å². The van der Waals surface area contributed by atoms with Gasteiger partial charge < -0.3 is 5.11 Å². The lowest BCUT2D eigenvalue weighted by Gasteiger charge is -2.17. The van der Waals surface area contributed by atoms with Crippen LogP contribution >= 0.6 is 15.9 Å². The van der Waals surface area contributed by atoms with Gasteiger partial charge in [-0.05, 0) is 34.3 Å². The van der Waals surface area contributed by atoms with E-state index in [1.54, 1.807) is 0 Å². The second kappa shape index (κ2) is 5.43. The topological polar surface area (TPSA) is 57.6 Å². The molecule has 0 saturated carbocycles. The Morgan fingerprint density at radius 2 is 2.11 bits per heavy atom. The SMILES string of the molecule is O=S(=O)(c1c(F)cc(F)cc1Br)N1CCC(CO)C1. The van der Waals surface area contributed by atoms with Gasteiger partial charge in [0.2, 0.25) is 10.0 Å². The minimum atomic E-state index is -4.03. The van der Waals surface area contributed by atoms with Crippen LogP contribution in [0.1, 0.15) is 6.42 Å². The normalized spacial score (nSPS) is 20.9. The molecule has 1 heterocycles. The maximum Gasteiger partial charge on any atom is 0.247 e. The maximum absolute atomic E-state index is 13.7. The molecule has 106 valence electrons. The number of nitrogens with zero attached hydrogens (tertiary/aromatic N) is 1. The molecule has 0 bridgehead atoms. The Hall–Kier alpha value is -0.570. The van der Waals surface area contributed by atoms with Crippen LogP contribution in [-0.2, 0) is 10.0 Å². The molecule has 1 fully saturated rings. The van der Waals surface area contributed by atoms with Crippen LogP contribution in [0.4, 0.5) is 8.78 Å². The average Bonchev–Trinajstić information content (AvgIpc) is 2.75. The highest BCUT2D eigenvalue weighted by Gasteiger charge is 2.35. The second-order valence-electron chi connectivity index (χ2n) is 4.40. The Kier molecular flexibility index (Phi) is 4.24. The van der Waals surface area contributed by atoms with Crippen LogP contribution in [0.2, 0.25) is 0 Å². The highest BCUT2D eigenvalue weighted by molar-refractivity contribution is 9.10. The van der Waals surface area contributed by atoms with E-state index in [1.165, 1.54) is 0 Å². The van der Waals surface area contributed by atoms with E-state index in [4.69, 9.17) is 5.11 Å². The summed E-state index contributed by atoms with van der Waals surface area (Å²) in [4.78, 5) is -0.563. The van der Waals surface area contributed by atoms with Gasteiger partial charge in [-0.3, -0.25) is 0 Å². The number of hydrogen-bond acceptors (Lipinski definition) is 3. The van der Waals surface area contributed by atoms with Gasteiger partial charge in [-0.2, -0.15) is 4.31 Å². The second-order valence-corrected chi connectivity index (χ2v) is 7.13. The molecule has 1 aromatic rings. The average molecular weight is 356 g/mol. The van der Waals surface area contributed by atoms with Crippen molar-refractivity contribution in [3.8, 4) is 0 Å². The third kappa shape index (κ3) is 2.81. The van der Waals surface area contributed by atoms with Gasteiger partial charge >= 0.3 is 0 Å². The molecule has 1 atom stereocenters. The van der Waals surface area contributed by atoms with Gasteiger partial charge in [0.25, 0.3) is 0 Å². The lowest BCUT2D eigenvalue weighted by atomic mass is 10.1. The van der Waals surface area contributed by atoms with E-state index in [1.807, 2.05) is 0 Å². The Labute approximate surface area is 118 Å². The summed E-state index contributed by atoms with van der Waals surface area (Å²) in [5.41, 5.74) is 0. The van der Waals surface area contributed by atoms with E-state index >= 15 is 0 Å². The summed E-state index contributed by atoms with van der Waals surface area (Å²) in [5, 5.41) is 9.01. The Bertz CT molecular complexity index is 571. The third-order valence-electron chi connectivity index (χ3n) is 3.07. The monoisotopic (exact) mass is 355 g/mol. The molecule has 1 aliphatic heterocycles. The molecule has 19 heavy (non-hydrogen) atoms. The van der Waals surface area contributed by atoms with Crippen molar-refractivity contribution in [1.82, 2.24) is 4.31 Å². The summed E-state index contributed by atoms with van der Waals surface area (Å²) >= 11 is 2.88. The molecule has 1 aromatic carbocycles. The largest absolute Gasteiger partial charge is 0.396 e. The van der Waals surface area contributed by atoms with Gasteiger partial charge in [0, 0.05) is 30.2 Å². The van der Waals surface area contributed by atoms with Crippen LogP contribution in [-0.4, -0.2) is 37.5 Å². The summed E-state index contributed by atoms with van der Waals surface area (Å²) in [6, 6.07) is 1.45. The molecular formula is C11H12BrF2NO3S. The molecule has 0 aliphatic carbocycles. The van der Waals surface area contributed by atoms with Crippen LogP contribution in [0, 0.1) is 17.6 Å². The first-order valence-corrected chi connectivity index (χ1v) is 7.85. The fourth-order valence-corrected chi connectivity index (χ4v) is 4.71. The van der Waals surface area contributed by atoms with Gasteiger partial charge in [-0.1, -0.05) is 0 Å². The van der Waals surface area contributed by atoms with E-state index in [2.05, 4.69) is 15.9 Å². The van der Waals surface area contributed by atoms with Gasteiger partial charge in [0.15, 0.2) is 0 Å². The van der Waals surface area contributed by atoms with Gasteiger partial charge in [0.05, 0.1) is 0 Å². The lowest BCUT2D eigenvalue weighted by Crippen LogP contribution is -2.30. The van der Waals surface area contributed by atoms with Crippen molar-refractivity contribution < 1.29 is 22.3 Å². The van der Waals surface area contributed by atoms with Crippen LogP contribution in [0.15, 0.2) is 21.5 Å². The van der Waals surface area contributed by atoms with E-state index in [9.17, 15) is 17.2 Å². The molecule has 0 amide bonds. The van der Waals surface area contributed by atoms with Crippen molar-refractivity contribution in [2.75, 3.05) is 19.7 Å². The number of halogens is 3. The van der Waals surface area contributed by atoms with Crippen molar-refractivity contribution in [3.63, 3.8) is 0 Å². The van der Waals surface area contributed by atoms with E-state index in [0.717, 1.165) is 10.4 Å². The molecule has 8 heteroatoms. The standard InChI is InChI=1S/C11H12BrF2NO3S/c12-9-3-8(13)4-10(14)11(9)19(17,18)15-2-1-7(5-15)6-16/h3-4,7,16H,1-2,5-6H2. The van der Waals surface area contributed by atoms with Crippen molar-refractivity contribution in [1.29, 1.82) is 0 Å². The number of hydrogen-bond donors (Lipinski definition) is 1. The minimum Gasteiger partial charge on any atom is -0.396 e. The van der Waals surface area contributed by atoms with Crippen molar-refractivity contribution in [2.24, 2.45) is 5.92 Å². The molecule has 1 saturated heterocycles. The van der Waals surface area contributed by atoms with Gasteiger partial charge in [-0.15, -0.1) is 0 Å². The first kappa shape index (κ1) is 14.8. The molecule has 0 spiro atoms. The summed E-state index contributed by atoms with van der Waals surface area (Å²) in [7, 11) is -4.03. The zero-order valence-corrected chi connectivity index (χ0v) is 12.2. The zero-order valence-electron chi connectivity index (χ0n) is 9.81. The summed E-state index contributed by atoms with van der Waals surface area (Å²) in [5.74, 6) is -2.12. The summed E-state index contributed by atoms with van der Waals surface area (Å²) < 4.78 is 52.3. The molecule has 2 rings (SSSR count). The minimum absolute atomic E-state index is 0.112. The zero-order chi connectivity index (χ0) is 14.2.